The first-order valence-electron chi connectivity index (χ1n) is 13.1. The monoisotopic (exact) mass is 587 g/mol. The second kappa shape index (κ2) is 10.9. The molecule has 10 heteroatoms. The molecule has 8 nitrogen and oxygen atoms in total. The highest BCUT2D eigenvalue weighted by Gasteiger charge is 2.36. The summed E-state index contributed by atoms with van der Waals surface area (Å²) in [5, 5.41) is 3.35. The summed E-state index contributed by atoms with van der Waals surface area (Å²) in [4.78, 5) is 28.6. The van der Waals surface area contributed by atoms with Crippen LogP contribution in [0, 0.1) is 0 Å². The van der Waals surface area contributed by atoms with Gasteiger partial charge in [-0.2, -0.15) is 0 Å². The average molecular weight is 588 g/mol. The van der Waals surface area contributed by atoms with Crippen LogP contribution in [-0.2, 0) is 27.8 Å². The fourth-order valence-electron chi connectivity index (χ4n) is 5.11. The number of benzene rings is 4. The van der Waals surface area contributed by atoms with E-state index in [9.17, 15) is 18.0 Å². The van der Waals surface area contributed by atoms with Gasteiger partial charge in [-0.15, -0.1) is 0 Å². The van der Waals surface area contributed by atoms with Crippen LogP contribution in [0.2, 0.25) is 5.02 Å². The quantitative estimate of drug-likeness (QED) is 0.349. The molecule has 1 atom stereocenters. The summed E-state index contributed by atoms with van der Waals surface area (Å²) in [6.45, 7) is 0.641. The van der Waals surface area contributed by atoms with Gasteiger partial charge in [-0.1, -0.05) is 54.1 Å². The maximum atomic E-state index is 13.8. The number of hydrogen-bond donors (Lipinski definition) is 1. The van der Waals surface area contributed by atoms with Gasteiger partial charge in [0.15, 0.2) is 6.10 Å². The first-order chi connectivity index (χ1) is 19.8. The van der Waals surface area contributed by atoms with Crippen LogP contribution in [0.5, 0.6) is 5.75 Å². The Morgan fingerprint density at radius 1 is 0.902 bits per heavy atom. The Hall–Kier alpha value is -4.34. The number of sulfonamides is 1. The number of carbonyl (C=O) groups is 2. The Balaban J connectivity index is 1.24. The molecule has 0 saturated heterocycles. The van der Waals surface area contributed by atoms with E-state index in [1.54, 1.807) is 59.5 Å². The van der Waals surface area contributed by atoms with Gasteiger partial charge < -0.3 is 15.0 Å². The van der Waals surface area contributed by atoms with E-state index in [0.29, 0.717) is 40.7 Å². The van der Waals surface area contributed by atoms with Gasteiger partial charge >= 0.3 is 0 Å². The van der Waals surface area contributed by atoms with Crippen molar-refractivity contribution in [2.45, 2.75) is 24.0 Å². The predicted molar refractivity (Wildman–Crippen MR) is 157 cm³/mol. The molecule has 2 aliphatic heterocycles. The number of ether oxygens (including phenoxy) is 1. The van der Waals surface area contributed by atoms with Crippen molar-refractivity contribution in [2.75, 3.05) is 22.3 Å². The van der Waals surface area contributed by atoms with Crippen LogP contribution in [0.15, 0.2) is 102 Å². The van der Waals surface area contributed by atoms with E-state index in [1.165, 1.54) is 16.4 Å². The molecule has 1 unspecified atom stereocenters. The standard InChI is InChI=1S/C31H26ClN3O5S/c32-24-11-13-25(14-12-24)41(38,39)35-17-16-22-18-23(10-15-26(22)35)31(37)34-20-29(40-28-9-5-4-8-27(28)34)30(36)33-19-21-6-2-1-3-7-21/h1-15,18,29H,16-17,19-20H2,(H,33,36). The summed E-state index contributed by atoms with van der Waals surface area (Å²) in [6, 6.07) is 27.7. The lowest BCUT2D eigenvalue weighted by atomic mass is 10.1. The summed E-state index contributed by atoms with van der Waals surface area (Å²) in [7, 11) is -3.79. The van der Waals surface area contributed by atoms with Gasteiger partial charge in [0.1, 0.15) is 5.75 Å². The minimum Gasteiger partial charge on any atom is -0.477 e. The van der Waals surface area contributed by atoms with Crippen molar-refractivity contribution in [2.24, 2.45) is 0 Å². The van der Waals surface area contributed by atoms with Gasteiger partial charge in [-0.25, -0.2) is 8.42 Å². The van der Waals surface area contributed by atoms with Gasteiger partial charge in [-0.3, -0.25) is 13.9 Å². The number of fused-ring (bicyclic) bond motifs is 2. The predicted octanol–water partition coefficient (Wildman–Crippen LogP) is 4.82. The molecule has 0 bridgehead atoms. The molecule has 208 valence electrons. The van der Waals surface area contributed by atoms with Gasteiger partial charge in [0.25, 0.3) is 21.8 Å². The molecule has 0 aliphatic carbocycles. The van der Waals surface area contributed by atoms with Crippen LogP contribution in [0.4, 0.5) is 11.4 Å². The van der Waals surface area contributed by atoms with E-state index < -0.39 is 16.1 Å². The SMILES string of the molecule is O=C(NCc1ccccc1)C1CN(C(=O)c2ccc3c(c2)CCN3S(=O)(=O)c2ccc(Cl)cc2)c2ccccc2O1. The van der Waals surface area contributed by atoms with Gasteiger partial charge in [0.05, 0.1) is 22.8 Å². The number of rotatable bonds is 6. The maximum absolute atomic E-state index is 13.8. The summed E-state index contributed by atoms with van der Waals surface area (Å²) in [6.07, 6.45) is -0.431. The lowest BCUT2D eigenvalue weighted by molar-refractivity contribution is -0.128. The van der Waals surface area contributed by atoms with Crippen molar-refractivity contribution in [1.29, 1.82) is 0 Å². The number of carbonyl (C=O) groups excluding carboxylic acids is 2. The number of amides is 2. The van der Waals surface area contributed by atoms with Gasteiger partial charge in [-0.05, 0) is 72.1 Å². The number of hydrogen-bond acceptors (Lipinski definition) is 5. The molecule has 2 amide bonds. The fourth-order valence-corrected chi connectivity index (χ4v) is 6.74. The van der Waals surface area contributed by atoms with Crippen molar-refractivity contribution in [1.82, 2.24) is 5.32 Å². The van der Waals surface area contributed by atoms with Crippen LogP contribution < -0.4 is 19.3 Å². The van der Waals surface area contributed by atoms with Crippen molar-refractivity contribution >= 4 is 44.8 Å². The van der Waals surface area contributed by atoms with Gasteiger partial charge in [0, 0.05) is 23.7 Å². The van der Waals surface area contributed by atoms with Crippen LogP contribution in [0.25, 0.3) is 0 Å². The highest BCUT2D eigenvalue weighted by molar-refractivity contribution is 7.92. The summed E-state index contributed by atoms with van der Waals surface area (Å²) in [5.74, 6) is -0.185. The zero-order valence-electron chi connectivity index (χ0n) is 21.9. The van der Waals surface area contributed by atoms with E-state index >= 15 is 0 Å². The normalized spacial score (nSPS) is 16.0. The van der Waals surface area contributed by atoms with Crippen molar-refractivity contribution in [3.8, 4) is 5.75 Å². The summed E-state index contributed by atoms with van der Waals surface area (Å²) < 4.78 is 34.0. The third-order valence-electron chi connectivity index (χ3n) is 7.20. The molecule has 4 aromatic carbocycles. The minimum atomic E-state index is -3.79. The third kappa shape index (κ3) is 5.26. The second-order valence-electron chi connectivity index (χ2n) is 9.82. The number of para-hydroxylation sites is 2. The fraction of sp³-hybridized carbons (Fsp3) is 0.161. The lowest BCUT2D eigenvalue weighted by Gasteiger charge is -2.34. The Morgan fingerprint density at radius 3 is 2.41 bits per heavy atom. The Labute approximate surface area is 243 Å². The van der Waals surface area contributed by atoms with E-state index in [0.717, 1.165) is 11.1 Å². The topological polar surface area (TPSA) is 96.0 Å². The number of halogens is 1. The van der Waals surface area contributed by atoms with E-state index in [4.69, 9.17) is 16.3 Å². The average Bonchev–Trinajstić information content (AvgIpc) is 3.44. The number of nitrogens with zero attached hydrogens (tertiary/aromatic N) is 2. The van der Waals surface area contributed by atoms with Gasteiger partial charge in [0.2, 0.25) is 0 Å². The first kappa shape index (κ1) is 26.9. The van der Waals surface area contributed by atoms with E-state index in [-0.39, 0.29) is 29.8 Å². The van der Waals surface area contributed by atoms with Crippen molar-refractivity contribution < 1.29 is 22.7 Å². The molecule has 0 fully saturated rings. The summed E-state index contributed by atoms with van der Waals surface area (Å²) in [5.41, 5.74) is 3.21. The summed E-state index contributed by atoms with van der Waals surface area (Å²) >= 11 is 5.94. The maximum Gasteiger partial charge on any atom is 0.264 e. The van der Waals surface area contributed by atoms with Crippen molar-refractivity contribution in [3.63, 3.8) is 0 Å². The smallest absolute Gasteiger partial charge is 0.264 e. The third-order valence-corrected chi connectivity index (χ3v) is 9.28. The Kier molecular flexibility index (Phi) is 7.15. The molecule has 0 saturated carbocycles. The largest absolute Gasteiger partial charge is 0.477 e. The molecular weight excluding hydrogens is 562 g/mol. The molecule has 2 aliphatic rings. The molecular formula is C31H26ClN3O5S. The molecule has 41 heavy (non-hydrogen) atoms. The molecule has 0 radical (unpaired) electrons. The zero-order valence-corrected chi connectivity index (χ0v) is 23.4. The number of anilines is 2. The Morgan fingerprint density at radius 2 is 1.63 bits per heavy atom. The van der Waals surface area contributed by atoms with E-state index in [2.05, 4.69) is 5.32 Å². The number of nitrogens with one attached hydrogen (secondary N) is 1. The second-order valence-corrected chi connectivity index (χ2v) is 12.1. The van der Waals surface area contributed by atoms with Crippen LogP contribution in [0.1, 0.15) is 21.5 Å². The highest BCUT2D eigenvalue weighted by atomic mass is 35.5. The van der Waals surface area contributed by atoms with E-state index in [1.807, 2.05) is 30.3 Å². The zero-order chi connectivity index (χ0) is 28.6. The minimum absolute atomic E-state index is 0.0324. The van der Waals surface area contributed by atoms with Crippen molar-refractivity contribution in [3.05, 3.63) is 119 Å². The lowest BCUT2D eigenvalue weighted by Crippen LogP contribution is -2.50. The van der Waals surface area contributed by atoms with Crippen LogP contribution >= 0.6 is 11.6 Å². The molecule has 1 N–H and O–H groups in total. The Bertz CT molecular complexity index is 1730. The molecule has 0 aromatic heterocycles. The molecule has 2 heterocycles. The first-order valence-corrected chi connectivity index (χ1v) is 14.9. The molecule has 0 spiro atoms. The van der Waals surface area contributed by atoms with Crippen LogP contribution in [-0.4, -0.2) is 39.4 Å². The molecule has 6 rings (SSSR count). The highest BCUT2D eigenvalue weighted by Crippen LogP contribution is 2.37. The molecule has 4 aromatic rings. The van der Waals surface area contributed by atoms with Crippen LogP contribution in [0.3, 0.4) is 0 Å².